The van der Waals surface area contributed by atoms with E-state index in [1.165, 1.54) is 13.0 Å². The first-order valence-corrected chi connectivity index (χ1v) is 9.19. The predicted octanol–water partition coefficient (Wildman–Crippen LogP) is 5.24. The maximum Gasteiger partial charge on any atom is 0.416 e. The van der Waals surface area contributed by atoms with Gasteiger partial charge in [-0.05, 0) is 43.2 Å². The fraction of sp³-hybridized carbons (Fsp3) is 0.182. The number of fused-ring (bicyclic) bond motifs is 1. The topological polar surface area (TPSA) is 67.2 Å². The minimum absolute atomic E-state index is 0.0280. The number of hydrogen-bond acceptors (Lipinski definition) is 4. The Morgan fingerprint density at radius 2 is 1.80 bits per heavy atom. The minimum atomic E-state index is -4.51. The summed E-state index contributed by atoms with van der Waals surface area (Å²) < 4.78 is 40.0. The molecule has 2 heterocycles. The molecule has 1 aliphatic heterocycles. The zero-order chi connectivity index (χ0) is 21.5. The van der Waals surface area contributed by atoms with Crippen LogP contribution in [-0.4, -0.2) is 21.6 Å². The van der Waals surface area contributed by atoms with Gasteiger partial charge in [-0.1, -0.05) is 18.2 Å². The molecule has 152 valence electrons. The molecule has 0 fully saturated rings. The second-order valence-corrected chi connectivity index (χ2v) is 7.09. The summed E-state index contributed by atoms with van der Waals surface area (Å²) in [6.45, 7) is 3.19. The monoisotopic (exact) mass is 410 g/mol. The number of alkyl halides is 3. The quantitative estimate of drug-likeness (QED) is 0.628. The number of hydrogen-bond donors (Lipinski definition) is 1. The van der Waals surface area contributed by atoms with Crippen LogP contribution in [0.25, 0.3) is 11.3 Å². The Kier molecular flexibility index (Phi) is 4.85. The van der Waals surface area contributed by atoms with Crippen molar-refractivity contribution in [3.8, 4) is 11.3 Å². The lowest BCUT2D eigenvalue weighted by molar-refractivity contribution is -0.138. The molecule has 1 N–H and O–H groups in total. The number of benzene rings is 2. The molecular formula is C22H17F3N4O. The highest BCUT2D eigenvalue weighted by molar-refractivity contribution is 6.17. The van der Waals surface area contributed by atoms with Crippen molar-refractivity contribution < 1.29 is 18.0 Å². The highest BCUT2D eigenvalue weighted by Crippen LogP contribution is 2.39. The van der Waals surface area contributed by atoms with E-state index in [9.17, 15) is 18.0 Å². The van der Waals surface area contributed by atoms with Gasteiger partial charge in [-0.3, -0.25) is 14.8 Å². The summed E-state index contributed by atoms with van der Waals surface area (Å²) >= 11 is 0. The number of rotatable bonds is 2. The number of aliphatic imine (C=N–C) groups is 1. The molecule has 0 unspecified atom stereocenters. The van der Waals surface area contributed by atoms with Crippen molar-refractivity contribution in [2.45, 2.75) is 26.4 Å². The Morgan fingerprint density at radius 3 is 2.53 bits per heavy atom. The third-order valence-electron chi connectivity index (χ3n) is 4.75. The second kappa shape index (κ2) is 7.37. The first-order valence-electron chi connectivity index (χ1n) is 9.19. The van der Waals surface area contributed by atoms with Crippen molar-refractivity contribution in [1.82, 2.24) is 9.97 Å². The Labute approximate surface area is 170 Å². The van der Waals surface area contributed by atoms with Crippen LogP contribution in [0.3, 0.4) is 0 Å². The number of anilines is 1. The zero-order valence-corrected chi connectivity index (χ0v) is 16.2. The molecule has 0 saturated carbocycles. The maximum absolute atomic E-state index is 13.3. The molecule has 4 rings (SSSR count). The van der Waals surface area contributed by atoms with Gasteiger partial charge >= 0.3 is 6.18 Å². The standard InChI is InChI=1S/C22H17F3N4O/c1-12-6-18-19(8-16(12)22(23,24)25)28-17(9-21(30)29-18)14-4-3-5-15(7-14)20-11-26-10-13(2)27-20/h3-8,10-11H,9H2,1-2H3,(H,29,30). The lowest BCUT2D eigenvalue weighted by Crippen LogP contribution is -2.15. The molecule has 1 aromatic heterocycles. The van der Waals surface area contributed by atoms with Crippen LogP contribution in [0.4, 0.5) is 24.5 Å². The largest absolute Gasteiger partial charge is 0.416 e. The van der Waals surface area contributed by atoms with Gasteiger partial charge < -0.3 is 5.32 Å². The summed E-state index contributed by atoms with van der Waals surface area (Å²) in [5.41, 5.74) is 2.80. The van der Waals surface area contributed by atoms with Crippen LogP contribution in [0.5, 0.6) is 0 Å². The van der Waals surface area contributed by atoms with Crippen LogP contribution < -0.4 is 5.32 Å². The van der Waals surface area contributed by atoms with Crippen LogP contribution in [0.15, 0.2) is 53.8 Å². The number of aromatic nitrogens is 2. The van der Waals surface area contributed by atoms with Crippen molar-refractivity contribution >= 4 is 23.0 Å². The van der Waals surface area contributed by atoms with Crippen LogP contribution in [-0.2, 0) is 11.0 Å². The second-order valence-electron chi connectivity index (χ2n) is 7.09. The average molecular weight is 410 g/mol. The number of nitrogens with one attached hydrogen (secondary N) is 1. The first-order chi connectivity index (χ1) is 14.2. The molecule has 0 saturated heterocycles. The van der Waals surface area contributed by atoms with Gasteiger partial charge in [0.2, 0.25) is 5.91 Å². The molecule has 5 nitrogen and oxygen atoms in total. The van der Waals surface area contributed by atoms with Crippen molar-refractivity contribution in [2.24, 2.45) is 4.99 Å². The number of halogens is 3. The number of carbonyl (C=O) groups is 1. The molecule has 0 spiro atoms. The molecule has 3 aromatic rings. The van der Waals surface area contributed by atoms with E-state index in [1.807, 2.05) is 13.0 Å². The van der Waals surface area contributed by atoms with Crippen molar-refractivity contribution in [3.05, 3.63) is 71.2 Å². The minimum Gasteiger partial charge on any atom is -0.324 e. The summed E-state index contributed by atoms with van der Waals surface area (Å²) in [5.74, 6) is -0.340. The lowest BCUT2D eigenvalue weighted by Gasteiger charge is -2.13. The highest BCUT2D eigenvalue weighted by Gasteiger charge is 2.34. The van der Waals surface area contributed by atoms with Gasteiger partial charge in [0.25, 0.3) is 0 Å². The molecule has 0 radical (unpaired) electrons. The van der Waals surface area contributed by atoms with E-state index in [0.29, 0.717) is 17.0 Å². The normalized spacial score (nSPS) is 13.9. The van der Waals surface area contributed by atoms with Crippen LogP contribution in [0.2, 0.25) is 0 Å². The third-order valence-corrected chi connectivity index (χ3v) is 4.75. The Balaban J connectivity index is 1.82. The average Bonchev–Trinajstić information content (AvgIpc) is 2.84. The number of amides is 1. The van der Waals surface area contributed by atoms with E-state index in [0.717, 1.165) is 17.3 Å². The van der Waals surface area contributed by atoms with Gasteiger partial charge in [0, 0.05) is 11.8 Å². The van der Waals surface area contributed by atoms with Crippen LogP contribution >= 0.6 is 0 Å². The van der Waals surface area contributed by atoms with E-state index >= 15 is 0 Å². The van der Waals surface area contributed by atoms with E-state index in [2.05, 4.69) is 20.3 Å². The van der Waals surface area contributed by atoms with Gasteiger partial charge in [-0.25, -0.2) is 4.98 Å². The Morgan fingerprint density at radius 1 is 1.03 bits per heavy atom. The summed E-state index contributed by atoms with van der Waals surface area (Å²) in [6, 6.07) is 9.50. The molecule has 0 bridgehead atoms. The lowest BCUT2D eigenvalue weighted by atomic mass is 10.0. The molecule has 8 heteroatoms. The zero-order valence-electron chi connectivity index (χ0n) is 16.2. The van der Waals surface area contributed by atoms with Gasteiger partial charge in [-0.15, -0.1) is 0 Å². The van der Waals surface area contributed by atoms with Crippen molar-refractivity contribution in [1.29, 1.82) is 0 Å². The Hall–Kier alpha value is -3.55. The van der Waals surface area contributed by atoms with Gasteiger partial charge in [0.15, 0.2) is 0 Å². The summed E-state index contributed by atoms with van der Waals surface area (Å²) in [7, 11) is 0. The van der Waals surface area contributed by atoms with Gasteiger partial charge in [-0.2, -0.15) is 13.2 Å². The molecular weight excluding hydrogens is 393 g/mol. The summed E-state index contributed by atoms with van der Waals surface area (Å²) in [4.78, 5) is 25.4. The molecule has 1 aliphatic rings. The molecule has 1 amide bonds. The fourth-order valence-corrected chi connectivity index (χ4v) is 3.35. The molecule has 2 aromatic carbocycles. The van der Waals surface area contributed by atoms with Crippen LogP contribution in [0, 0.1) is 13.8 Å². The van der Waals surface area contributed by atoms with E-state index in [1.54, 1.807) is 30.6 Å². The summed E-state index contributed by atoms with van der Waals surface area (Å²) in [5, 5.41) is 2.65. The van der Waals surface area contributed by atoms with Crippen molar-refractivity contribution in [3.63, 3.8) is 0 Å². The van der Waals surface area contributed by atoms with E-state index in [-0.39, 0.29) is 29.3 Å². The number of aryl methyl sites for hydroxylation is 2. The first kappa shape index (κ1) is 19.8. The van der Waals surface area contributed by atoms with E-state index < -0.39 is 11.7 Å². The van der Waals surface area contributed by atoms with Crippen LogP contribution in [0.1, 0.15) is 28.8 Å². The Bertz CT molecular complexity index is 1190. The molecule has 30 heavy (non-hydrogen) atoms. The molecule has 0 aliphatic carbocycles. The predicted molar refractivity (Wildman–Crippen MR) is 108 cm³/mol. The third kappa shape index (κ3) is 3.94. The number of carbonyl (C=O) groups excluding carboxylic acids is 1. The smallest absolute Gasteiger partial charge is 0.324 e. The van der Waals surface area contributed by atoms with Crippen molar-refractivity contribution in [2.75, 3.05) is 5.32 Å². The van der Waals surface area contributed by atoms with E-state index in [4.69, 9.17) is 0 Å². The van der Waals surface area contributed by atoms with Gasteiger partial charge in [0.1, 0.15) is 0 Å². The maximum atomic E-state index is 13.3. The van der Waals surface area contributed by atoms with Gasteiger partial charge in [0.05, 0.1) is 46.7 Å². The highest BCUT2D eigenvalue weighted by atomic mass is 19.4. The summed E-state index contributed by atoms with van der Waals surface area (Å²) in [6.07, 6.45) is -1.29. The number of nitrogens with zero attached hydrogens (tertiary/aromatic N) is 3. The fourth-order valence-electron chi connectivity index (χ4n) is 3.35. The SMILES string of the molecule is Cc1cncc(-c2cccc(C3=Nc4cc(C(F)(F)F)c(C)cc4NC(=O)C3)c2)n1. The molecule has 0 atom stereocenters.